The molecule has 4 saturated carbocycles. The molecule has 1 aromatic rings. The van der Waals surface area contributed by atoms with Crippen molar-refractivity contribution in [2.45, 2.75) is 58.4 Å². The maximum Gasteiger partial charge on any atom is 0.404 e. The number of hydrogen-bond acceptors (Lipinski definition) is 7. The van der Waals surface area contributed by atoms with E-state index in [0.717, 1.165) is 37.9 Å². The molecule has 5 aliphatic rings. The average Bonchev–Trinajstić information content (AvgIpc) is 3.28. The molecule has 4 bridgehead atoms. The first-order valence-corrected chi connectivity index (χ1v) is 13.4. The Bertz CT molecular complexity index is 1080. The Morgan fingerprint density at radius 2 is 2.00 bits per heavy atom. The molecule has 2 unspecified atom stereocenters. The van der Waals surface area contributed by atoms with E-state index < -0.39 is 6.09 Å². The van der Waals surface area contributed by atoms with Crippen molar-refractivity contribution >= 4 is 24.0 Å². The van der Waals surface area contributed by atoms with Gasteiger partial charge in [0.1, 0.15) is 11.4 Å². The Hall–Kier alpha value is -3.06. The van der Waals surface area contributed by atoms with Crippen LogP contribution in [0.25, 0.3) is 6.20 Å². The van der Waals surface area contributed by atoms with Crippen LogP contribution in [0.4, 0.5) is 10.6 Å². The minimum absolute atomic E-state index is 0.00235. The van der Waals surface area contributed by atoms with Crippen LogP contribution in [-0.4, -0.2) is 60.7 Å². The molecule has 3 N–H and O–H groups in total. The van der Waals surface area contributed by atoms with Crippen LogP contribution in [0.5, 0.6) is 0 Å². The predicted molar refractivity (Wildman–Crippen MR) is 137 cm³/mol. The van der Waals surface area contributed by atoms with E-state index >= 15 is 0 Å². The fourth-order valence-electron chi connectivity index (χ4n) is 7.31. The Kier molecular flexibility index (Phi) is 6.92. The molecule has 2 atom stereocenters. The lowest BCUT2D eigenvalue weighted by Gasteiger charge is -2.59. The number of ether oxygens (including phenoxy) is 2. The lowest BCUT2D eigenvalue weighted by molar-refractivity contribution is -0.0977. The van der Waals surface area contributed by atoms with Crippen LogP contribution < -0.4 is 16.0 Å². The third-order valence-corrected chi connectivity index (χ3v) is 8.74. The highest BCUT2D eigenvalue weighted by atomic mass is 16.5. The average molecular weight is 511 g/mol. The van der Waals surface area contributed by atoms with Crippen LogP contribution in [0.15, 0.2) is 12.3 Å². The summed E-state index contributed by atoms with van der Waals surface area (Å²) in [4.78, 5) is 27.2. The standard InChI is InChI=1S/C27H38N6O4/c1-26(2,3-5-28)4-6-33-24(32-7-9-36-10-8-32)21(16-30-33)23(34)31-22-19-11-18-12-20(22)15-27(13-18,14-19)17-37-25(29)35/h4,6,16,18-20,22H,3,7-15,17H2,1-2H3,(H2,29,35)(H,31,34). The first kappa shape index (κ1) is 25.6. The van der Waals surface area contributed by atoms with Gasteiger partial charge in [0.2, 0.25) is 0 Å². The number of nitrogens with two attached hydrogens (primary N) is 1. The van der Waals surface area contributed by atoms with Crippen LogP contribution >= 0.6 is 0 Å². The third kappa shape index (κ3) is 5.33. The number of nitrogens with zero attached hydrogens (tertiary/aromatic N) is 4. The molecule has 1 saturated heterocycles. The van der Waals surface area contributed by atoms with Crippen molar-refractivity contribution in [1.82, 2.24) is 15.1 Å². The largest absolute Gasteiger partial charge is 0.449 e. The Morgan fingerprint density at radius 3 is 2.65 bits per heavy atom. The maximum absolute atomic E-state index is 13.7. The molecule has 0 aromatic carbocycles. The van der Waals surface area contributed by atoms with Crippen LogP contribution in [0, 0.1) is 39.9 Å². The van der Waals surface area contributed by atoms with Gasteiger partial charge >= 0.3 is 6.09 Å². The molecule has 5 fully saturated rings. The Labute approximate surface area is 218 Å². The molecule has 2 heterocycles. The summed E-state index contributed by atoms with van der Waals surface area (Å²) in [6.07, 6.45) is 10.4. The van der Waals surface area contributed by atoms with Gasteiger partial charge in [-0.3, -0.25) is 4.79 Å². The van der Waals surface area contributed by atoms with Crippen molar-refractivity contribution in [1.29, 1.82) is 5.26 Å². The van der Waals surface area contributed by atoms with Gasteiger partial charge < -0.3 is 25.4 Å². The zero-order chi connectivity index (χ0) is 26.2. The van der Waals surface area contributed by atoms with Crippen molar-refractivity contribution in [3.8, 4) is 6.07 Å². The molecule has 37 heavy (non-hydrogen) atoms. The van der Waals surface area contributed by atoms with Crippen molar-refractivity contribution in [3.63, 3.8) is 0 Å². The Balaban J connectivity index is 1.35. The summed E-state index contributed by atoms with van der Waals surface area (Å²) in [6, 6.07) is 2.34. The van der Waals surface area contributed by atoms with Crippen LogP contribution in [-0.2, 0) is 9.47 Å². The van der Waals surface area contributed by atoms with Gasteiger partial charge in [-0.2, -0.15) is 10.4 Å². The minimum atomic E-state index is -0.710. The maximum atomic E-state index is 13.7. The molecule has 0 radical (unpaired) electrons. The first-order chi connectivity index (χ1) is 17.7. The highest BCUT2D eigenvalue weighted by molar-refractivity contribution is 5.99. The van der Waals surface area contributed by atoms with Crippen molar-refractivity contribution in [2.24, 2.45) is 34.3 Å². The Morgan fingerprint density at radius 1 is 1.30 bits per heavy atom. The summed E-state index contributed by atoms with van der Waals surface area (Å²) in [6.45, 7) is 6.95. The van der Waals surface area contributed by atoms with Crippen LogP contribution in [0.2, 0.25) is 0 Å². The van der Waals surface area contributed by atoms with E-state index in [0.29, 0.717) is 62.6 Å². The fourth-order valence-corrected chi connectivity index (χ4v) is 7.31. The van der Waals surface area contributed by atoms with Gasteiger partial charge in [0.05, 0.1) is 32.1 Å². The van der Waals surface area contributed by atoms with Crippen molar-refractivity contribution in [2.75, 3.05) is 37.8 Å². The van der Waals surface area contributed by atoms with Gasteiger partial charge in [-0.05, 0) is 55.3 Å². The minimum Gasteiger partial charge on any atom is -0.449 e. The quantitative estimate of drug-likeness (QED) is 0.548. The van der Waals surface area contributed by atoms with Gasteiger partial charge in [0.15, 0.2) is 0 Å². The van der Waals surface area contributed by atoms with E-state index in [2.05, 4.69) is 21.4 Å². The second-order valence-electron chi connectivity index (χ2n) is 12.1. The molecule has 1 aromatic heterocycles. The third-order valence-electron chi connectivity index (χ3n) is 8.74. The van der Waals surface area contributed by atoms with E-state index in [1.807, 2.05) is 26.1 Å². The van der Waals surface area contributed by atoms with Gasteiger partial charge in [-0.25, -0.2) is 9.48 Å². The number of primary amides is 1. The summed E-state index contributed by atoms with van der Waals surface area (Å²) < 4.78 is 12.6. The summed E-state index contributed by atoms with van der Waals surface area (Å²) in [5, 5.41) is 17.1. The van der Waals surface area contributed by atoms with E-state index in [1.54, 1.807) is 10.9 Å². The number of anilines is 1. The zero-order valence-electron chi connectivity index (χ0n) is 21.8. The van der Waals surface area contributed by atoms with Crippen LogP contribution in [0.1, 0.15) is 62.7 Å². The molecule has 6 rings (SSSR count). The van der Waals surface area contributed by atoms with E-state index in [9.17, 15) is 9.59 Å². The predicted octanol–water partition coefficient (Wildman–Crippen LogP) is 3.15. The number of rotatable bonds is 8. The number of morpholine rings is 1. The summed E-state index contributed by atoms with van der Waals surface area (Å²) in [7, 11) is 0. The SMILES string of the molecule is CC(C)(C=Cn1ncc(C(=O)NC2C3CC4CC2CC(COC(N)=O)(C4)C3)c1N1CCOCC1)CC#N. The fraction of sp³-hybridized carbons (Fsp3) is 0.704. The van der Waals surface area contributed by atoms with Gasteiger partial charge in [0.25, 0.3) is 5.91 Å². The van der Waals surface area contributed by atoms with Gasteiger partial charge in [-0.15, -0.1) is 0 Å². The summed E-state index contributed by atoms with van der Waals surface area (Å²) in [5.41, 5.74) is 5.51. The number of nitriles is 1. The molecular formula is C27H38N6O4. The van der Waals surface area contributed by atoms with E-state index in [-0.39, 0.29) is 22.8 Å². The molecule has 0 spiro atoms. The topological polar surface area (TPSA) is 136 Å². The number of carbonyl (C=O) groups excluding carboxylic acids is 2. The molecule has 10 heteroatoms. The molecule has 10 nitrogen and oxygen atoms in total. The van der Waals surface area contributed by atoms with E-state index in [1.165, 1.54) is 0 Å². The van der Waals surface area contributed by atoms with Gasteiger partial charge in [0, 0.05) is 37.2 Å². The summed E-state index contributed by atoms with van der Waals surface area (Å²) >= 11 is 0. The van der Waals surface area contributed by atoms with Crippen molar-refractivity contribution < 1.29 is 19.1 Å². The smallest absolute Gasteiger partial charge is 0.404 e. The lowest BCUT2D eigenvalue weighted by Crippen LogP contribution is -2.60. The molecular weight excluding hydrogens is 472 g/mol. The number of carbonyl (C=O) groups is 2. The molecule has 1 aliphatic heterocycles. The molecule has 4 aliphatic carbocycles. The normalized spacial score (nSPS) is 30.9. The molecule has 2 amide bonds. The molecule has 200 valence electrons. The highest BCUT2D eigenvalue weighted by Gasteiger charge is 2.56. The second kappa shape index (κ2) is 10.0. The monoisotopic (exact) mass is 510 g/mol. The number of nitrogens with one attached hydrogen (secondary N) is 1. The van der Waals surface area contributed by atoms with Crippen molar-refractivity contribution in [3.05, 3.63) is 17.8 Å². The van der Waals surface area contributed by atoms with Gasteiger partial charge in [-0.1, -0.05) is 19.9 Å². The second-order valence-corrected chi connectivity index (χ2v) is 12.1. The van der Waals surface area contributed by atoms with Crippen LogP contribution in [0.3, 0.4) is 0 Å². The zero-order valence-corrected chi connectivity index (χ0v) is 21.8. The van der Waals surface area contributed by atoms with E-state index in [4.69, 9.17) is 20.5 Å². The number of aromatic nitrogens is 2. The highest BCUT2D eigenvalue weighted by Crippen LogP contribution is 2.60. The number of amides is 2. The number of allylic oxidation sites excluding steroid dienone is 1. The summed E-state index contributed by atoms with van der Waals surface area (Å²) in [5.74, 6) is 2.04. The first-order valence-electron chi connectivity index (χ1n) is 13.4. The lowest BCUT2D eigenvalue weighted by atomic mass is 9.48. The number of hydrogen-bond donors (Lipinski definition) is 2.